The van der Waals surface area contributed by atoms with Gasteiger partial charge < -0.3 is 4.90 Å². The Kier molecular flexibility index (Phi) is 4.84. The molecule has 0 spiro atoms. The first-order valence-electron chi connectivity index (χ1n) is 4.75. The van der Waals surface area contributed by atoms with E-state index in [0.29, 0.717) is 17.1 Å². The van der Waals surface area contributed by atoms with Crippen LogP contribution < -0.4 is 0 Å². The van der Waals surface area contributed by atoms with Crippen molar-refractivity contribution in [3.8, 4) is 0 Å². The minimum atomic E-state index is -0.267. The highest BCUT2D eigenvalue weighted by atomic mass is 35.5. The maximum atomic E-state index is 13.4. The van der Waals surface area contributed by atoms with Crippen molar-refractivity contribution in [3.05, 3.63) is 34.6 Å². The molecule has 0 bridgehead atoms. The first-order chi connectivity index (χ1) is 6.99. The minimum absolute atomic E-state index is 0.0605. The number of nitrogens with zero attached hydrogens (tertiary/aromatic N) is 1. The molecule has 0 N–H and O–H groups in total. The Morgan fingerprint density at radius 3 is 2.67 bits per heavy atom. The summed E-state index contributed by atoms with van der Waals surface area (Å²) in [6.07, 6.45) is 0. The summed E-state index contributed by atoms with van der Waals surface area (Å²) in [6.45, 7) is 3.18. The van der Waals surface area contributed by atoms with Gasteiger partial charge in [-0.2, -0.15) is 0 Å². The van der Waals surface area contributed by atoms with Crippen LogP contribution in [0.4, 0.5) is 4.39 Å². The monoisotopic (exact) mass is 249 g/mol. The number of hydrogen-bond donors (Lipinski definition) is 0. The van der Waals surface area contributed by atoms with Gasteiger partial charge in [0.2, 0.25) is 0 Å². The largest absolute Gasteiger partial charge is 0.301 e. The molecule has 0 heterocycles. The van der Waals surface area contributed by atoms with Gasteiger partial charge in [-0.05, 0) is 26.1 Å². The molecule has 0 aliphatic rings. The Bertz CT molecular complexity index is 328. The van der Waals surface area contributed by atoms with Crippen LogP contribution in [-0.2, 0) is 6.54 Å². The number of alkyl halides is 1. The van der Waals surface area contributed by atoms with Crippen molar-refractivity contribution < 1.29 is 4.39 Å². The quantitative estimate of drug-likeness (QED) is 0.739. The molecule has 0 aliphatic heterocycles. The molecule has 1 aromatic rings. The third-order valence-corrected chi connectivity index (χ3v) is 2.39. The second-order valence-corrected chi connectivity index (χ2v) is 4.89. The van der Waals surface area contributed by atoms with Gasteiger partial charge in [0.05, 0.1) is 0 Å². The summed E-state index contributed by atoms with van der Waals surface area (Å²) in [7, 11) is 1.91. The van der Waals surface area contributed by atoms with Crippen molar-refractivity contribution in [2.24, 2.45) is 0 Å². The molecule has 1 aromatic carbocycles. The molecule has 1 atom stereocenters. The Labute approximate surface area is 99.8 Å². The molecule has 0 fully saturated rings. The molecule has 0 saturated carbocycles. The van der Waals surface area contributed by atoms with Crippen LogP contribution in [0.3, 0.4) is 0 Å². The van der Waals surface area contributed by atoms with Crippen molar-refractivity contribution >= 4 is 23.2 Å². The molecule has 0 saturated heterocycles. The van der Waals surface area contributed by atoms with Gasteiger partial charge in [-0.1, -0.05) is 17.7 Å². The lowest BCUT2D eigenvalue weighted by molar-refractivity contribution is 0.324. The average molecular weight is 250 g/mol. The fraction of sp³-hybridized carbons (Fsp3) is 0.455. The highest BCUT2D eigenvalue weighted by Crippen LogP contribution is 2.16. The fourth-order valence-electron chi connectivity index (χ4n) is 1.43. The van der Waals surface area contributed by atoms with E-state index >= 15 is 0 Å². The molecule has 1 unspecified atom stereocenters. The summed E-state index contributed by atoms with van der Waals surface area (Å²) >= 11 is 11.5. The van der Waals surface area contributed by atoms with E-state index < -0.39 is 0 Å². The van der Waals surface area contributed by atoms with E-state index in [1.54, 1.807) is 12.1 Å². The number of rotatable bonds is 4. The summed E-state index contributed by atoms with van der Waals surface area (Å²) in [5.41, 5.74) is 0.638. The molecule has 0 radical (unpaired) electrons. The van der Waals surface area contributed by atoms with Crippen molar-refractivity contribution in [1.82, 2.24) is 4.90 Å². The zero-order chi connectivity index (χ0) is 11.4. The highest BCUT2D eigenvalue weighted by Gasteiger charge is 2.08. The third-order valence-electron chi connectivity index (χ3n) is 2.02. The van der Waals surface area contributed by atoms with E-state index in [2.05, 4.69) is 0 Å². The zero-order valence-electron chi connectivity index (χ0n) is 8.80. The van der Waals surface area contributed by atoms with Gasteiger partial charge in [-0.25, -0.2) is 4.39 Å². The predicted octanol–water partition coefficient (Wildman–Crippen LogP) is 3.54. The molecule has 4 heteroatoms. The standard InChI is InChI=1S/C11H14Cl2FN/c1-8(12)6-15(2)7-9-3-4-10(13)5-11(9)14/h3-5,8H,6-7H2,1-2H3. The highest BCUT2D eigenvalue weighted by molar-refractivity contribution is 6.30. The predicted molar refractivity (Wildman–Crippen MR) is 63.1 cm³/mol. The Morgan fingerprint density at radius 1 is 1.47 bits per heavy atom. The molecule has 1 rings (SSSR count). The first kappa shape index (κ1) is 12.8. The lowest BCUT2D eigenvalue weighted by Gasteiger charge is -2.18. The summed E-state index contributed by atoms with van der Waals surface area (Å²) in [4.78, 5) is 1.98. The van der Waals surface area contributed by atoms with E-state index in [0.717, 1.165) is 6.54 Å². The van der Waals surface area contributed by atoms with E-state index in [-0.39, 0.29) is 11.2 Å². The normalized spacial score (nSPS) is 13.2. The maximum Gasteiger partial charge on any atom is 0.129 e. The van der Waals surface area contributed by atoms with Crippen LogP contribution in [0, 0.1) is 5.82 Å². The lowest BCUT2D eigenvalue weighted by Crippen LogP contribution is -2.24. The molecular formula is C11H14Cl2FN. The van der Waals surface area contributed by atoms with Crippen LogP contribution in [0.25, 0.3) is 0 Å². The van der Waals surface area contributed by atoms with Gasteiger partial charge in [0.25, 0.3) is 0 Å². The SMILES string of the molecule is CC(Cl)CN(C)Cc1ccc(Cl)cc1F. The van der Waals surface area contributed by atoms with Crippen LogP contribution in [0.15, 0.2) is 18.2 Å². The average Bonchev–Trinajstić information content (AvgIpc) is 2.08. The molecule has 0 aromatic heterocycles. The van der Waals surface area contributed by atoms with E-state index in [4.69, 9.17) is 23.2 Å². The molecular weight excluding hydrogens is 236 g/mol. The molecule has 0 amide bonds. The molecule has 1 nitrogen and oxygen atoms in total. The zero-order valence-corrected chi connectivity index (χ0v) is 10.3. The van der Waals surface area contributed by atoms with Crippen LogP contribution in [0.1, 0.15) is 12.5 Å². The Hall–Kier alpha value is -0.310. The van der Waals surface area contributed by atoms with Crippen molar-refractivity contribution in [3.63, 3.8) is 0 Å². The van der Waals surface area contributed by atoms with Crippen LogP contribution in [0.5, 0.6) is 0 Å². The van der Waals surface area contributed by atoms with Gasteiger partial charge in [0.15, 0.2) is 0 Å². The van der Waals surface area contributed by atoms with Gasteiger partial charge >= 0.3 is 0 Å². The Morgan fingerprint density at radius 2 is 2.13 bits per heavy atom. The third kappa shape index (κ3) is 4.37. The topological polar surface area (TPSA) is 3.24 Å². The first-order valence-corrected chi connectivity index (χ1v) is 5.57. The molecule has 15 heavy (non-hydrogen) atoms. The maximum absolute atomic E-state index is 13.4. The number of halogens is 3. The lowest BCUT2D eigenvalue weighted by atomic mass is 10.2. The number of hydrogen-bond acceptors (Lipinski definition) is 1. The van der Waals surface area contributed by atoms with Gasteiger partial charge in [0, 0.05) is 29.1 Å². The molecule has 0 aliphatic carbocycles. The second kappa shape index (κ2) is 5.69. The van der Waals surface area contributed by atoms with Crippen molar-refractivity contribution in [2.45, 2.75) is 18.8 Å². The van der Waals surface area contributed by atoms with Gasteiger partial charge in [-0.15, -0.1) is 11.6 Å². The van der Waals surface area contributed by atoms with E-state index in [1.807, 2.05) is 18.9 Å². The summed E-state index contributed by atoms with van der Waals surface area (Å²) < 4.78 is 13.4. The fourth-order valence-corrected chi connectivity index (χ4v) is 1.83. The minimum Gasteiger partial charge on any atom is -0.301 e. The van der Waals surface area contributed by atoms with Crippen LogP contribution >= 0.6 is 23.2 Å². The van der Waals surface area contributed by atoms with Gasteiger partial charge in [-0.3, -0.25) is 0 Å². The van der Waals surface area contributed by atoms with Crippen molar-refractivity contribution in [2.75, 3.05) is 13.6 Å². The van der Waals surface area contributed by atoms with Crippen LogP contribution in [0.2, 0.25) is 5.02 Å². The van der Waals surface area contributed by atoms with Crippen molar-refractivity contribution in [1.29, 1.82) is 0 Å². The van der Waals surface area contributed by atoms with E-state index in [1.165, 1.54) is 6.07 Å². The summed E-state index contributed by atoms with van der Waals surface area (Å²) in [5.74, 6) is -0.267. The smallest absolute Gasteiger partial charge is 0.129 e. The van der Waals surface area contributed by atoms with E-state index in [9.17, 15) is 4.39 Å². The molecule has 84 valence electrons. The second-order valence-electron chi connectivity index (χ2n) is 3.71. The van der Waals surface area contributed by atoms with Crippen LogP contribution in [-0.4, -0.2) is 23.9 Å². The summed E-state index contributed by atoms with van der Waals surface area (Å²) in [5, 5.41) is 0.481. The van der Waals surface area contributed by atoms with Gasteiger partial charge in [0.1, 0.15) is 5.82 Å². The number of benzene rings is 1. The Balaban J connectivity index is 2.64. The summed E-state index contributed by atoms with van der Waals surface area (Å²) in [6, 6.07) is 4.72.